The van der Waals surface area contributed by atoms with Gasteiger partial charge in [0.1, 0.15) is 0 Å². The van der Waals surface area contributed by atoms with Crippen molar-refractivity contribution in [1.29, 1.82) is 0 Å². The van der Waals surface area contributed by atoms with Gasteiger partial charge in [0.05, 0.1) is 17.4 Å². The standard InChI is InChI=1S/C19H24N6/c1-2-7-18-17(6-1)22-16-25(18)11-4-3-10-23-12-14-24(15-13-23)19-20-8-5-9-21-19/h1-2,5-9,16H,3-4,10-15H2. The summed E-state index contributed by atoms with van der Waals surface area (Å²) < 4.78 is 2.26. The third-order valence-corrected chi connectivity index (χ3v) is 4.86. The number of para-hydroxylation sites is 2. The van der Waals surface area contributed by atoms with Crippen LogP contribution in [0.3, 0.4) is 0 Å². The van der Waals surface area contributed by atoms with Gasteiger partial charge in [-0.15, -0.1) is 0 Å². The van der Waals surface area contributed by atoms with Crippen LogP contribution in [-0.4, -0.2) is 57.1 Å². The van der Waals surface area contributed by atoms with Crippen molar-refractivity contribution in [2.75, 3.05) is 37.6 Å². The minimum Gasteiger partial charge on any atom is -0.338 e. The molecule has 0 bridgehead atoms. The Labute approximate surface area is 148 Å². The van der Waals surface area contributed by atoms with Crippen LogP contribution in [0.25, 0.3) is 11.0 Å². The van der Waals surface area contributed by atoms with Crippen molar-refractivity contribution in [3.63, 3.8) is 0 Å². The number of piperazine rings is 1. The number of nitrogens with zero attached hydrogens (tertiary/aromatic N) is 6. The van der Waals surface area contributed by atoms with E-state index in [9.17, 15) is 0 Å². The first-order valence-electron chi connectivity index (χ1n) is 9.04. The van der Waals surface area contributed by atoms with Crippen molar-refractivity contribution in [2.45, 2.75) is 19.4 Å². The number of fused-ring (bicyclic) bond motifs is 1. The molecule has 0 unspecified atom stereocenters. The molecule has 1 aromatic carbocycles. The molecule has 0 N–H and O–H groups in total. The lowest BCUT2D eigenvalue weighted by Gasteiger charge is -2.34. The molecule has 0 aliphatic carbocycles. The summed E-state index contributed by atoms with van der Waals surface area (Å²) in [6.07, 6.45) is 7.99. The first-order valence-corrected chi connectivity index (χ1v) is 9.04. The topological polar surface area (TPSA) is 50.1 Å². The SMILES string of the molecule is c1cnc(N2CCN(CCCCn3cnc4ccccc43)CC2)nc1. The van der Waals surface area contributed by atoms with Crippen molar-refractivity contribution in [3.05, 3.63) is 49.1 Å². The molecule has 130 valence electrons. The van der Waals surface area contributed by atoms with Gasteiger partial charge in [-0.25, -0.2) is 15.0 Å². The molecule has 0 atom stereocenters. The van der Waals surface area contributed by atoms with Crippen LogP contribution in [0.4, 0.5) is 5.95 Å². The lowest BCUT2D eigenvalue weighted by atomic mass is 10.2. The first kappa shape index (κ1) is 16.0. The van der Waals surface area contributed by atoms with E-state index in [4.69, 9.17) is 0 Å². The second-order valence-corrected chi connectivity index (χ2v) is 6.51. The molecule has 0 spiro atoms. The van der Waals surface area contributed by atoms with Crippen LogP contribution in [0.5, 0.6) is 0 Å². The highest BCUT2D eigenvalue weighted by Gasteiger charge is 2.18. The molecule has 6 heteroatoms. The van der Waals surface area contributed by atoms with E-state index in [0.29, 0.717) is 0 Å². The summed E-state index contributed by atoms with van der Waals surface area (Å²) in [4.78, 5) is 18.0. The monoisotopic (exact) mass is 336 g/mol. The molecule has 1 fully saturated rings. The molecule has 25 heavy (non-hydrogen) atoms. The molecular weight excluding hydrogens is 312 g/mol. The van der Waals surface area contributed by atoms with Gasteiger partial charge in [0.2, 0.25) is 5.95 Å². The fraction of sp³-hybridized carbons (Fsp3) is 0.421. The van der Waals surface area contributed by atoms with Crippen LogP contribution in [0.2, 0.25) is 0 Å². The zero-order valence-electron chi connectivity index (χ0n) is 14.5. The zero-order valence-corrected chi connectivity index (χ0v) is 14.5. The number of imidazole rings is 1. The minimum absolute atomic E-state index is 0.856. The molecule has 3 heterocycles. The Kier molecular flexibility index (Phi) is 4.88. The summed E-state index contributed by atoms with van der Waals surface area (Å²) >= 11 is 0. The van der Waals surface area contributed by atoms with Gasteiger partial charge in [0.15, 0.2) is 0 Å². The second-order valence-electron chi connectivity index (χ2n) is 6.51. The number of benzene rings is 1. The number of rotatable bonds is 6. The Hall–Kier alpha value is -2.47. The maximum atomic E-state index is 4.46. The number of aromatic nitrogens is 4. The molecule has 1 aliphatic heterocycles. The van der Waals surface area contributed by atoms with Crippen LogP contribution in [0.1, 0.15) is 12.8 Å². The molecule has 0 amide bonds. The average Bonchev–Trinajstić information content (AvgIpc) is 3.10. The third kappa shape index (κ3) is 3.79. The predicted octanol–water partition coefficient (Wildman–Crippen LogP) is 2.43. The van der Waals surface area contributed by atoms with Gasteiger partial charge in [0.25, 0.3) is 0 Å². The van der Waals surface area contributed by atoms with E-state index >= 15 is 0 Å². The molecule has 2 aromatic heterocycles. The van der Waals surface area contributed by atoms with Crippen molar-refractivity contribution >= 4 is 17.0 Å². The van der Waals surface area contributed by atoms with E-state index in [1.54, 1.807) is 0 Å². The Morgan fingerprint density at radius 3 is 2.40 bits per heavy atom. The minimum atomic E-state index is 0.856. The molecule has 4 rings (SSSR count). The fourth-order valence-electron chi connectivity index (χ4n) is 3.43. The van der Waals surface area contributed by atoms with Crippen molar-refractivity contribution in [2.24, 2.45) is 0 Å². The zero-order chi connectivity index (χ0) is 16.9. The van der Waals surface area contributed by atoms with E-state index in [0.717, 1.165) is 50.7 Å². The summed E-state index contributed by atoms with van der Waals surface area (Å²) in [6, 6.07) is 10.2. The van der Waals surface area contributed by atoms with E-state index in [1.807, 2.05) is 30.9 Å². The third-order valence-electron chi connectivity index (χ3n) is 4.86. The van der Waals surface area contributed by atoms with Crippen LogP contribution in [0, 0.1) is 0 Å². The van der Waals surface area contributed by atoms with E-state index in [1.165, 1.54) is 18.4 Å². The van der Waals surface area contributed by atoms with Gasteiger partial charge in [-0.2, -0.15) is 0 Å². The quantitative estimate of drug-likeness (QED) is 0.647. The molecule has 3 aromatic rings. The molecule has 0 radical (unpaired) electrons. The first-order chi connectivity index (χ1) is 12.4. The smallest absolute Gasteiger partial charge is 0.225 e. The Balaban J connectivity index is 1.20. The molecule has 1 saturated heterocycles. The second kappa shape index (κ2) is 7.61. The van der Waals surface area contributed by atoms with Gasteiger partial charge in [-0.1, -0.05) is 12.1 Å². The largest absolute Gasteiger partial charge is 0.338 e. The average molecular weight is 336 g/mol. The van der Waals surface area contributed by atoms with Gasteiger partial charge in [-0.05, 0) is 37.6 Å². The predicted molar refractivity (Wildman–Crippen MR) is 99.7 cm³/mol. The number of hydrogen-bond acceptors (Lipinski definition) is 5. The molecular formula is C19H24N6. The van der Waals surface area contributed by atoms with Crippen LogP contribution in [0.15, 0.2) is 49.1 Å². The normalized spacial score (nSPS) is 15.8. The van der Waals surface area contributed by atoms with Gasteiger partial charge in [0, 0.05) is 45.1 Å². The summed E-state index contributed by atoms with van der Waals surface area (Å²) in [5, 5.41) is 0. The Morgan fingerprint density at radius 1 is 0.800 bits per heavy atom. The van der Waals surface area contributed by atoms with Crippen molar-refractivity contribution in [1.82, 2.24) is 24.4 Å². The summed E-state index contributed by atoms with van der Waals surface area (Å²) in [5.74, 6) is 0.856. The summed E-state index contributed by atoms with van der Waals surface area (Å²) in [7, 11) is 0. The highest BCUT2D eigenvalue weighted by atomic mass is 15.3. The summed E-state index contributed by atoms with van der Waals surface area (Å²) in [6.45, 7) is 6.40. The maximum Gasteiger partial charge on any atom is 0.225 e. The number of anilines is 1. The van der Waals surface area contributed by atoms with E-state index in [-0.39, 0.29) is 0 Å². The highest BCUT2D eigenvalue weighted by molar-refractivity contribution is 5.74. The Morgan fingerprint density at radius 2 is 1.56 bits per heavy atom. The maximum absolute atomic E-state index is 4.46. The lowest BCUT2D eigenvalue weighted by molar-refractivity contribution is 0.250. The summed E-state index contributed by atoms with van der Waals surface area (Å²) in [5.41, 5.74) is 2.32. The molecule has 0 saturated carbocycles. The van der Waals surface area contributed by atoms with Crippen LogP contribution >= 0.6 is 0 Å². The molecule has 6 nitrogen and oxygen atoms in total. The van der Waals surface area contributed by atoms with Crippen molar-refractivity contribution in [3.8, 4) is 0 Å². The number of aryl methyl sites for hydroxylation is 1. The Bertz CT molecular complexity index is 792. The number of unbranched alkanes of at least 4 members (excludes halogenated alkanes) is 1. The fourth-order valence-corrected chi connectivity index (χ4v) is 3.43. The van der Waals surface area contributed by atoms with Gasteiger partial charge < -0.3 is 9.47 Å². The number of hydrogen-bond donors (Lipinski definition) is 0. The van der Waals surface area contributed by atoms with Crippen LogP contribution in [-0.2, 0) is 6.54 Å². The van der Waals surface area contributed by atoms with Gasteiger partial charge in [-0.3, -0.25) is 4.90 Å². The van der Waals surface area contributed by atoms with E-state index < -0.39 is 0 Å². The van der Waals surface area contributed by atoms with Crippen LogP contribution < -0.4 is 4.90 Å². The lowest BCUT2D eigenvalue weighted by Crippen LogP contribution is -2.47. The van der Waals surface area contributed by atoms with E-state index in [2.05, 4.69) is 47.5 Å². The van der Waals surface area contributed by atoms with Gasteiger partial charge >= 0.3 is 0 Å². The highest BCUT2D eigenvalue weighted by Crippen LogP contribution is 2.13. The van der Waals surface area contributed by atoms with Crippen molar-refractivity contribution < 1.29 is 0 Å². The molecule has 1 aliphatic rings.